The zero-order valence-electron chi connectivity index (χ0n) is 13.3. The summed E-state index contributed by atoms with van der Waals surface area (Å²) in [5, 5.41) is 5.60. The topological polar surface area (TPSA) is 71.1 Å². The van der Waals surface area contributed by atoms with Gasteiger partial charge < -0.3 is 10.6 Å². The molecule has 2 N–H and O–H groups in total. The molecule has 0 spiro atoms. The van der Waals surface area contributed by atoms with Crippen molar-refractivity contribution in [2.75, 3.05) is 13.1 Å². The SMILES string of the molecule is CC(C)CCNC(=O)c1cccc(C(=O)NCC(C)C)n1. The third-order valence-corrected chi connectivity index (χ3v) is 2.89. The van der Waals surface area contributed by atoms with Gasteiger partial charge in [-0.3, -0.25) is 9.59 Å². The minimum Gasteiger partial charge on any atom is -0.351 e. The van der Waals surface area contributed by atoms with Crippen LogP contribution in [-0.4, -0.2) is 29.9 Å². The quantitative estimate of drug-likeness (QED) is 0.809. The molecule has 0 aliphatic heterocycles. The van der Waals surface area contributed by atoms with E-state index in [1.807, 2.05) is 13.8 Å². The lowest BCUT2D eigenvalue weighted by Crippen LogP contribution is -2.30. The van der Waals surface area contributed by atoms with E-state index in [2.05, 4.69) is 29.5 Å². The Morgan fingerprint density at radius 1 is 1.00 bits per heavy atom. The number of aromatic nitrogens is 1. The molecular formula is C16H25N3O2. The molecule has 0 saturated heterocycles. The normalized spacial score (nSPS) is 10.8. The lowest BCUT2D eigenvalue weighted by Gasteiger charge is -2.09. The van der Waals surface area contributed by atoms with E-state index in [1.165, 1.54) is 0 Å². The van der Waals surface area contributed by atoms with Gasteiger partial charge in [0, 0.05) is 13.1 Å². The van der Waals surface area contributed by atoms with Gasteiger partial charge in [0.05, 0.1) is 0 Å². The van der Waals surface area contributed by atoms with Crippen molar-refractivity contribution >= 4 is 11.8 Å². The van der Waals surface area contributed by atoms with Gasteiger partial charge in [-0.15, -0.1) is 0 Å². The summed E-state index contributed by atoms with van der Waals surface area (Å²) in [6.45, 7) is 9.44. The first-order chi connectivity index (χ1) is 9.90. The highest BCUT2D eigenvalue weighted by Crippen LogP contribution is 2.02. The van der Waals surface area contributed by atoms with Crippen LogP contribution in [0.25, 0.3) is 0 Å². The summed E-state index contributed by atoms with van der Waals surface area (Å²) in [6, 6.07) is 4.90. The monoisotopic (exact) mass is 291 g/mol. The second-order valence-electron chi connectivity index (χ2n) is 5.95. The second-order valence-corrected chi connectivity index (χ2v) is 5.95. The number of rotatable bonds is 7. The van der Waals surface area contributed by atoms with Crippen LogP contribution >= 0.6 is 0 Å². The Morgan fingerprint density at radius 2 is 1.57 bits per heavy atom. The fraction of sp³-hybridized carbons (Fsp3) is 0.562. The fourth-order valence-electron chi connectivity index (χ4n) is 1.64. The van der Waals surface area contributed by atoms with E-state index in [0.29, 0.717) is 24.9 Å². The maximum absolute atomic E-state index is 12.0. The first-order valence-corrected chi connectivity index (χ1v) is 7.43. The zero-order chi connectivity index (χ0) is 15.8. The molecule has 0 radical (unpaired) electrons. The van der Waals surface area contributed by atoms with E-state index < -0.39 is 0 Å². The Balaban J connectivity index is 2.62. The van der Waals surface area contributed by atoms with E-state index in [4.69, 9.17) is 0 Å². The average molecular weight is 291 g/mol. The van der Waals surface area contributed by atoms with Gasteiger partial charge in [-0.1, -0.05) is 33.8 Å². The minimum absolute atomic E-state index is 0.242. The van der Waals surface area contributed by atoms with Crippen molar-refractivity contribution in [3.8, 4) is 0 Å². The van der Waals surface area contributed by atoms with Crippen LogP contribution < -0.4 is 10.6 Å². The summed E-state index contributed by atoms with van der Waals surface area (Å²) in [5.41, 5.74) is 0.545. The van der Waals surface area contributed by atoms with Gasteiger partial charge in [-0.05, 0) is 30.4 Å². The smallest absolute Gasteiger partial charge is 0.269 e. The minimum atomic E-state index is -0.250. The van der Waals surface area contributed by atoms with Crippen molar-refractivity contribution in [2.24, 2.45) is 11.8 Å². The Kier molecular flexibility index (Phi) is 6.85. The Bertz CT molecular complexity index is 484. The first kappa shape index (κ1) is 17.1. The Labute approximate surface area is 126 Å². The molecule has 0 bridgehead atoms. The van der Waals surface area contributed by atoms with Crippen LogP contribution in [0.5, 0.6) is 0 Å². The lowest BCUT2D eigenvalue weighted by molar-refractivity contribution is 0.0941. The van der Waals surface area contributed by atoms with Gasteiger partial charge >= 0.3 is 0 Å². The third kappa shape index (κ3) is 6.38. The predicted octanol–water partition coefficient (Wildman–Crippen LogP) is 2.24. The second kappa shape index (κ2) is 8.39. The lowest BCUT2D eigenvalue weighted by atomic mass is 10.1. The molecule has 0 aromatic carbocycles. The molecule has 0 saturated carbocycles. The largest absolute Gasteiger partial charge is 0.351 e. The van der Waals surface area contributed by atoms with Gasteiger partial charge in [0.15, 0.2) is 0 Å². The molecule has 21 heavy (non-hydrogen) atoms. The Hall–Kier alpha value is -1.91. The Morgan fingerprint density at radius 3 is 2.10 bits per heavy atom. The van der Waals surface area contributed by atoms with Crippen LogP contribution in [0.1, 0.15) is 55.1 Å². The molecule has 0 atom stereocenters. The fourth-order valence-corrected chi connectivity index (χ4v) is 1.64. The number of carbonyl (C=O) groups is 2. The van der Waals surface area contributed by atoms with Crippen LogP contribution in [0.15, 0.2) is 18.2 Å². The summed E-state index contributed by atoms with van der Waals surface area (Å²) in [6.07, 6.45) is 0.917. The van der Waals surface area contributed by atoms with Crippen molar-refractivity contribution in [2.45, 2.75) is 34.1 Å². The molecule has 0 unspecified atom stereocenters. The molecule has 1 rings (SSSR count). The van der Waals surface area contributed by atoms with Crippen LogP contribution in [0, 0.1) is 11.8 Å². The van der Waals surface area contributed by atoms with Gasteiger partial charge in [0.25, 0.3) is 11.8 Å². The summed E-state index contributed by atoms with van der Waals surface area (Å²) in [4.78, 5) is 28.0. The third-order valence-electron chi connectivity index (χ3n) is 2.89. The van der Waals surface area contributed by atoms with Gasteiger partial charge in [0.1, 0.15) is 11.4 Å². The summed E-state index contributed by atoms with van der Waals surface area (Å²) < 4.78 is 0. The number of nitrogens with zero attached hydrogens (tertiary/aromatic N) is 1. The number of hydrogen-bond donors (Lipinski definition) is 2. The van der Waals surface area contributed by atoms with E-state index in [1.54, 1.807) is 18.2 Å². The molecule has 5 heteroatoms. The molecule has 1 aromatic rings. The highest BCUT2D eigenvalue weighted by molar-refractivity contribution is 5.96. The van der Waals surface area contributed by atoms with Gasteiger partial charge in [-0.25, -0.2) is 4.98 Å². The zero-order valence-corrected chi connectivity index (χ0v) is 13.3. The first-order valence-electron chi connectivity index (χ1n) is 7.43. The molecule has 0 aliphatic rings. The van der Waals surface area contributed by atoms with Crippen LogP contribution in [0.3, 0.4) is 0 Å². The molecule has 1 heterocycles. The van der Waals surface area contributed by atoms with E-state index in [0.717, 1.165) is 6.42 Å². The van der Waals surface area contributed by atoms with Gasteiger partial charge in [0.2, 0.25) is 0 Å². The highest BCUT2D eigenvalue weighted by Gasteiger charge is 2.12. The maximum atomic E-state index is 12.0. The number of pyridine rings is 1. The van der Waals surface area contributed by atoms with E-state index >= 15 is 0 Å². The van der Waals surface area contributed by atoms with Gasteiger partial charge in [-0.2, -0.15) is 0 Å². The number of hydrogen-bond acceptors (Lipinski definition) is 3. The van der Waals surface area contributed by atoms with Crippen molar-refractivity contribution in [3.05, 3.63) is 29.6 Å². The molecule has 2 amide bonds. The standard InChI is InChI=1S/C16H25N3O2/c1-11(2)8-9-17-15(20)13-6-5-7-14(19-13)16(21)18-10-12(3)4/h5-7,11-12H,8-10H2,1-4H3,(H,17,20)(H,18,21). The maximum Gasteiger partial charge on any atom is 0.269 e. The summed E-state index contributed by atoms with van der Waals surface area (Å²) in [5.74, 6) is 0.414. The molecule has 116 valence electrons. The summed E-state index contributed by atoms with van der Waals surface area (Å²) in [7, 11) is 0. The number of carbonyl (C=O) groups excluding carboxylic acids is 2. The number of amides is 2. The van der Waals surface area contributed by atoms with Crippen LogP contribution in [0.4, 0.5) is 0 Å². The van der Waals surface area contributed by atoms with Crippen LogP contribution in [0.2, 0.25) is 0 Å². The van der Waals surface area contributed by atoms with Crippen molar-refractivity contribution in [1.29, 1.82) is 0 Å². The van der Waals surface area contributed by atoms with E-state index in [-0.39, 0.29) is 23.2 Å². The molecule has 5 nitrogen and oxygen atoms in total. The van der Waals surface area contributed by atoms with Crippen molar-refractivity contribution in [3.63, 3.8) is 0 Å². The highest BCUT2D eigenvalue weighted by atomic mass is 16.2. The van der Waals surface area contributed by atoms with Crippen molar-refractivity contribution in [1.82, 2.24) is 15.6 Å². The number of nitrogens with one attached hydrogen (secondary N) is 2. The average Bonchev–Trinajstić information content (AvgIpc) is 2.44. The van der Waals surface area contributed by atoms with E-state index in [9.17, 15) is 9.59 Å². The molecule has 1 aromatic heterocycles. The molecular weight excluding hydrogens is 266 g/mol. The summed E-state index contributed by atoms with van der Waals surface area (Å²) >= 11 is 0. The predicted molar refractivity (Wildman–Crippen MR) is 83.2 cm³/mol. The van der Waals surface area contributed by atoms with Crippen LogP contribution in [-0.2, 0) is 0 Å². The molecule has 0 fully saturated rings. The van der Waals surface area contributed by atoms with Crippen molar-refractivity contribution < 1.29 is 9.59 Å². The molecule has 0 aliphatic carbocycles.